The van der Waals surface area contributed by atoms with E-state index in [2.05, 4.69) is 39.5 Å². The van der Waals surface area contributed by atoms with E-state index >= 15 is 0 Å². The molecule has 0 aromatic heterocycles. The molecule has 0 aliphatic heterocycles. The van der Waals surface area contributed by atoms with Crippen LogP contribution in [0.2, 0.25) is 0 Å². The van der Waals surface area contributed by atoms with Crippen LogP contribution in [0.5, 0.6) is 0 Å². The first-order valence-corrected chi connectivity index (χ1v) is 10.7. The van der Waals surface area contributed by atoms with Crippen LogP contribution in [0, 0.1) is 0 Å². The van der Waals surface area contributed by atoms with Gasteiger partial charge in [0.1, 0.15) is 0 Å². The Labute approximate surface area is 117 Å². The number of hydrogen-bond donors (Lipinski definition) is 0. The van der Waals surface area contributed by atoms with Crippen molar-refractivity contribution in [2.45, 2.75) is 59.3 Å². The Balaban J connectivity index is 5.03. The molecule has 0 N–H and O–H groups in total. The second-order valence-electron chi connectivity index (χ2n) is 5.35. The van der Waals surface area contributed by atoms with E-state index in [1.807, 2.05) is 0 Å². The SMILES string of the molecule is CCCCP(CCCC)(CCCC)=[N+]=PN(C)C. The minimum atomic E-state index is -1.03. The molecule has 0 radical (unpaired) electrons. The van der Waals surface area contributed by atoms with Gasteiger partial charge < -0.3 is 0 Å². The lowest BCUT2D eigenvalue weighted by Gasteiger charge is -2.12. The highest BCUT2D eigenvalue weighted by atomic mass is 31.2. The Morgan fingerprint density at radius 2 is 1.22 bits per heavy atom. The summed E-state index contributed by atoms with van der Waals surface area (Å²) >= 11 is 0. The Hall–Kier alpha value is 0.400. The Kier molecular flexibility index (Phi) is 11.5. The van der Waals surface area contributed by atoms with Gasteiger partial charge in [-0.15, -0.1) is 4.17 Å². The predicted molar refractivity (Wildman–Crippen MR) is 89.0 cm³/mol. The fraction of sp³-hybridized carbons (Fsp3) is 1.00. The zero-order valence-electron chi connectivity index (χ0n) is 13.2. The van der Waals surface area contributed by atoms with Crippen LogP contribution in [-0.4, -0.2) is 37.3 Å². The number of nitrogens with zero attached hydrogens (tertiary/aromatic N) is 2. The summed E-state index contributed by atoms with van der Waals surface area (Å²) in [5.41, 5.74) is 0. The summed E-state index contributed by atoms with van der Waals surface area (Å²) < 4.78 is 7.37. The number of unbranched alkanes of at least 4 members (excludes halogenated alkanes) is 3. The maximum Gasteiger partial charge on any atom is 0.450 e. The molecule has 0 rings (SSSR count). The molecule has 0 fully saturated rings. The smallest absolute Gasteiger partial charge is 0.194 e. The third-order valence-corrected chi connectivity index (χ3v) is 8.83. The maximum atomic E-state index is 5.18. The summed E-state index contributed by atoms with van der Waals surface area (Å²) in [6, 6.07) is 0. The van der Waals surface area contributed by atoms with Crippen molar-refractivity contribution in [3.8, 4) is 0 Å². The summed E-state index contributed by atoms with van der Waals surface area (Å²) in [6.07, 6.45) is 12.2. The van der Waals surface area contributed by atoms with Crippen molar-refractivity contribution in [1.29, 1.82) is 0 Å². The van der Waals surface area contributed by atoms with Gasteiger partial charge in [-0.3, -0.25) is 0 Å². The van der Waals surface area contributed by atoms with E-state index in [0.717, 1.165) is 0 Å². The number of hydrogen-bond acceptors (Lipinski definition) is 0. The minimum absolute atomic E-state index is 1.03. The summed E-state index contributed by atoms with van der Waals surface area (Å²) in [5.74, 6) is 0. The fourth-order valence-electron chi connectivity index (χ4n) is 1.99. The molecule has 0 heterocycles. The van der Waals surface area contributed by atoms with E-state index in [4.69, 9.17) is 4.17 Å². The van der Waals surface area contributed by atoms with Crippen LogP contribution < -0.4 is 4.17 Å². The van der Waals surface area contributed by atoms with Crippen LogP contribution in [0.15, 0.2) is 0 Å². The van der Waals surface area contributed by atoms with E-state index in [-0.39, 0.29) is 0 Å². The van der Waals surface area contributed by atoms with Crippen molar-refractivity contribution < 1.29 is 0 Å². The molecule has 0 unspecified atom stereocenters. The zero-order valence-corrected chi connectivity index (χ0v) is 14.9. The van der Waals surface area contributed by atoms with E-state index in [1.54, 1.807) is 0 Å². The van der Waals surface area contributed by atoms with Crippen molar-refractivity contribution in [1.82, 2.24) is 8.84 Å². The first-order valence-electron chi connectivity index (χ1n) is 7.56. The third kappa shape index (κ3) is 8.49. The van der Waals surface area contributed by atoms with E-state index in [9.17, 15) is 0 Å². The van der Waals surface area contributed by atoms with Gasteiger partial charge in [-0.2, -0.15) is 4.67 Å². The van der Waals surface area contributed by atoms with Crippen molar-refractivity contribution in [3.63, 3.8) is 0 Å². The maximum absolute atomic E-state index is 5.18. The molecular formula is C14H33N2P2+. The van der Waals surface area contributed by atoms with Gasteiger partial charge in [0.2, 0.25) is 7.05 Å². The molecule has 2 nitrogen and oxygen atoms in total. The standard InChI is InChI=1S/C14H33N2P2/c1-6-9-12-18(13-10-7-2,14-11-8-3)15-17-16(4)5/h6-14H2,1-5H3/q+1. The number of rotatable bonds is 10. The molecule has 18 heavy (non-hydrogen) atoms. The molecule has 0 bridgehead atoms. The molecule has 0 aliphatic carbocycles. The van der Waals surface area contributed by atoms with Crippen LogP contribution in [0.4, 0.5) is 0 Å². The summed E-state index contributed by atoms with van der Waals surface area (Å²) in [6.45, 7) is 6.91. The largest absolute Gasteiger partial charge is 0.450 e. The Bertz CT molecular complexity index is 253. The average Bonchev–Trinajstić information content (AvgIpc) is 2.37. The van der Waals surface area contributed by atoms with Crippen molar-refractivity contribution in [2.24, 2.45) is 0 Å². The van der Waals surface area contributed by atoms with Gasteiger partial charge in [0.25, 0.3) is 0 Å². The quantitative estimate of drug-likeness (QED) is 0.396. The van der Waals surface area contributed by atoms with Gasteiger partial charge >= 0.3 is 8.52 Å². The molecule has 0 aliphatic rings. The van der Waals surface area contributed by atoms with Crippen molar-refractivity contribution >= 4 is 15.6 Å². The van der Waals surface area contributed by atoms with Crippen LogP contribution in [0.1, 0.15) is 59.3 Å². The highest BCUT2D eigenvalue weighted by Gasteiger charge is 2.28. The molecule has 0 saturated carbocycles. The summed E-state index contributed by atoms with van der Waals surface area (Å²) in [7, 11) is 4.41. The first kappa shape index (κ1) is 18.4. The van der Waals surface area contributed by atoms with Gasteiger partial charge in [0.05, 0.1) is 0 Å². The second-order valence-corrected chi connectivity index (χ2v) is 10.6. The average molecular weight is 291 g/mol. The molecule has 0 spiro atoms. The lowest BCUT2D eigenvalue weighted by atomic mass is 10.4. The second kappa shape index (κ2) is 11.2. The molecule has 0 aromatic rings. The van der Waals surface area contributed by atoms with Crippen molar-refractivity contribution in [2.75, 3.05) is 32.6 Å². The summed E-state index contributed by atoms with van der Waals surface area (Å²) in [5, 5.41) is 0. The Morgan fingerprint density at radius 3 is 1.50 bits per heavy atom. The summed E-state index contributed by atoms with van der Waals surface area (Å²) in [4.78, 5) is 0. The third-order valence-electron chi connectivity index (χ3n) is 3.19. The molecule has 0 aromatic carbocycles. The normalized spacial score (nSPS) is 12.1. The molecule has 0 saturated heterocycles. The highest BCUT2D eigenvalue weighted by molar-refractivity contribution is 7.67. The van der Waals surface area contributed by atoms with Gasteiger partial charge in [-0.1, -0.05) is 40.0 Å². The minimum Gasteiger partial charge on any atom is -0.194 e. The Morgan fingerprint density at radius 1 is 0.833 bits per heavy atom. The highest BCUT2D eigenvalue weighted by Crippen LogP contribution is 2.48. The predicted octanol–water partition coefficient (Wildman–Crippen LogP) is 5.26. The lowest BCUT2D eigenvalue weighted by molar-refractivity contribution is 0.696. The first-order chi connectivity index (χ1) is 8.60. The fourth-order valence-corrected chi connectivity index (χ4v) is 7.77. The monoisotopic (exact) mass is 291 g/mol. The van der Waals surface area contributed by atoms with Crippen molar-refractivity contribution in [3.05, 3.63) is 0 Å². The van der Waals surface area contributed by atoms with Crippen LogP contribution in [-0.2, 0) is 0 Å². The van der Waals surface area contributed by atoms with Gasteiger partial charge in [-0.25, -0.2) is 0 Å². The molecular weight excluding hydrogens is 258 g/mol. The topological polar surface area (TPSA) is 17.3 Å². The van der Waals surface area contributed by atoms with Gasteiger partial charge in [0, 0.05) is 32.6 Å². The van der Waals surface area contributed by atoms with Crippen LogP contribution in [0.25, 0.3) is 0 Å². The van der Waals surface area contributed by atoms with E-state index in [0.29, 0.717) is 0 Å². The molecule has 0 amide bonds. The van der Waals surface area contributed by atoms with Crippen LogP contribution >= 0.6 is 15.6 Å². The lowest BCUT2D eigenvalue weighted by Crippen LogP contribution is -2.04. The zero-order chi connectivity index (χ0) is 13.9. The van der Waals surface area contributed by atoms with E-state index < -0.39 is 7.05 Å². The molecule has 4 heteroatoms. The van der Waals surface area contributed by atoms with Gasteiger partial charge in [-0.05, 0) is 19.3 Å². The van der Waals surface area contributed by atoms with E-state index in [1.165, 1.54) is 65.5 Å². The molecule has 108 valence electrons. The van der Waals surface area contributed by atoms with Crippen LogP contribution in [0.3, 0.4) is 0 Å². The molecule has 0 atom stereocenters. The van der Waals surface area contributed by atoms with Gasteiger partial charge in [0.15, 0.2) is 0 Å².